The number of esters is 1. The van der Waals surface area contributed by atoms with Crippen molar-refractivity contribution in [1.29, 1.82) is 0 Å². The molecule has 8 heteroatoms. The standard InChI is InChI=1S/C34H50NO6P/c1-23(2)27-16-14-25(5)31(19-27)40-42(37,41-32-20-28(24(3)4)17-15-26(32)6)34(29-11-10-18-35-21-29)39-33(36)22-38-30-12-8-7-9-13-30/h7-13,18,21,23-28,31-32,34H,14-17,19-20,22H2,1-6H3/t25-,26+,27-,28-,31-,32-,34-,42?/m1/s1. The normalized spacial score (nSPS) is 28.7. The first kappa shape index (κ1) is 32.7. The average molecular weight is 600 g/mol. The summed E-state index contributed by atoms with van der Waals surface area (Å²) in [7, 11) is -4.06. The third-order valence-electron chi connectivity index (χ3n) is 9.38. The molecule has 2 saturated carbocycles. The molecule has 8 atom stereocenters. The summed E-state index contributed by atoms with van der Waals surface area (Å²) in [6.07, 6.45) is 8.51. The number of rotatable bonds is 12. The highest BCUT2D eigenvalue weighted by Crippen LogP contribution is 2.65. The second-order valence-corrected chi connectivity index (χ2v) is 15.1. The molecule has 1 aromatic heterocycles. The summed E-state index contributed by atoms with van der Waals surface area (Å²) in [5.41, 5.74) is 0.488. The molecule has 1 aromatic carbocycles. The second-order valence-electron chi connectivity index (χ2n) is 13.1. The number of hydrogen-bond acceptors (Lipinski definition) is 7. The molecule has 42 heavy (non-hydrogen) atoms. The zero-order chi connectivity index (χ0) is 30.3. The van der Waals surface area contributed by atoms with Gasteiger partial charge in [0.25, 0.3) is 0 Å². The molecule has 0 spiro atoms. The van der Waals surface area contributed by atoms with Crippen LogP contribution in [0.5, 0.6) is 5.75 Å². The van der Waals surface area contributed by atoms with E-state index in [1.165, 1.54) is 0 Å². The molecule has 4 rings (SSSR count). The Balaban J connectivity index is 1.66. The Morgan fingerprint density at radius 2 is 1.43 bits per heavy atom. The summed E-state index contributed by atoms with van der Waals surface area (Å²) in [5.74, 6) is 0.993. The number of carbonyl (C=O) groups is 1. The van der Waals surface area contributed by atoms with E-state index in [9.17, 15) is 4.79 Å². The minimum Gasteiger partial charge on any atom is -0.482 e. The van der Waals surface area contributed by atoms with E-state index in [2.05, 4.69) is 46.5 Å². The minimum atomic E-state index is -4.06. The van der Waals surface area contributed by atoms with E-state index in [4.69, 9.17) is 18.5 Å². The fourth-order valence-corrected chi connectivity index (χ4v) is 8.67. The van der Waals surface area contributed by atoms with E-state index < -0.39 is 19.4 Å². The van der Waals surface area contributed by atoms with Gasteiger partial charge in [-0.3, -0.25) is 9.55 Å². The molecule has 0 aliphatic heterocycles. The summed E-state index contributed by atoms with van der Waals surface area (Å²) in [6.45, 7) is 12.9. The van der Waals surface area contributed by atoms with Gasteiger partial charge in [-0.15, -0.1) is 0 Å². The van der Waals surface area contributed by atoms with Gasteiger partial charge in [0.1, 0.15) is 5.75 Å². The molecule has 0 amide bonds. The van der Waals surface area contributed by atoms with Gasteiger partial charge < -0.3 is 18.5 Å². The lowest BCUT2D eigenvalue weighted by atomic mass is 9.76. The summed E-state index contributed by atoms with van der Waals surface area (Å²) in [5, 5.41) is 0. The summed E-state index contributed by atoms with van der Waals surface area (Å²) < 4.78 is 40.4. The van der Waals surface area contributed by atoms with Crippen LogP contribution in [0.2, 0.25) is 0 Å². The van der Waals surface area contributed by atoms with E-state index in [1.54, 1.807) is 36.7 Å². The summed E-state index contributed by atoms with van der Waals surface area (Å²) in [6, 6.07) is 12.6. The quantitative estimate of drug-likeness (QED) is 0.178. The van der Waals surface area contributed by atoms with Crippen molar-refractivity contribution >= 4 is 13.6 Å². The van der Waals surface area contributed by atoms with Crippen LogP contribution in [-0.2, 0) is 23.1 Å². The molecule has 2 aromatic rings. The van der Waals surface area contributed by atoms with Crippen LogP contribution in [0.3, 0.4) is 0 Å². The Morgan fingerprint density at radius 3 is 1.93 bits per heavy atom. The van der Waals surface area contributed by atoms with Gasteiger partial charge in [0.05, 0.1) is 12.2 Å². The van der Waals surface area contributed by atoms with E-state index in [0.717, 1.165) is 38.5 Å². The number of nitrogens with zero attached hydrogens (tertiary/aromatic N) is 1. The third kappa shape index (κ3) is 8.67. The molecule has 232 valence electrons. The van der Waals surface area contributed by atoms with Crippen LogP contribution in [0.4, 0.5) is 0 Å². The Bertz CT molecular complexity index is 1120. The second kappa shape index (κ2) is 15.0. The first-order valence-electron chi connectivity index (χ1n) is 15.8. The summed E-state index contributed by atoms with van der Waals surface area (Å²) >= 11 is 0. The van der Waals surface area contributed by atoms with Gasteiger partial charge in [0.2, 0.25) is 5.85 Å². The van der Waals surface area contributed by atoms with Gasteiger partial charge in [-0.25, -0.2) is 4.79 Å². The monoisotopic (exact) mass is 599 g/mol. The maximum atomic E-state index is 15.3. The number of benzene rings is 1. The van der Waals surface area contributed by atoms with Gasteiger partial charge in [-0.1, -0.05) is 65.8 Å². The van der Waals surface area contributed by atoms with Crippen LogP contribution >= 0.6 is 7.60 Å². The average Bonchev–Trinajstić information content (AvgIpc) is 2.98. The fraction of sp³-hybridized carbons (Fsp3) is 0.647. The lowest BCUT2D eigenvalue weighted by molar-refractivity contribution is -0.149. The molecule has 2 aliphatic rings. The van der Waals surface area contributed by atoms with Crippen molar-refractivity contribution in [3.8, 4) is 5.75 Å². The molecular formula is C34H50NO6P. The highest BCUT2D eigenvalue weighted by molar-refractivity contribution is 7.54. The van der Waals surface area contributed by atoms with Crippen LogP contribution in [0.25, 0.3) is 0 Å². The molecule has 0 radical (unpaired) electrons. The Kier molecular flexibility index (Phi) is 11.7. The van der Waals surface area contributed by atoms with Gasteiger partial charge in [-0.05, 0) is 92.2 Å². The Labute approximate surface area is 252 Å². The number of hydrogen-bond donors (Lipinski definition) is 0. The predicted molar refractivity (Wildman–Crippen MR) is 165 cm³/mol. The maximum absolute atomic E-state index is 15.3. The number of para-hydroxylation sites is 1. The van der Waals surface area contributed by atoms with Gasteiger partial charge in [0, 0.05) is 18.0 Å². The Morgan fingerprint density at radius 1 is 0.857 bits per heavy atom. The van der Waals surface area contributed by atoms with Crippen LogP contribution in [0.1, 0.15) is 91.5 Å². The zero-order valence-corrected chi connectivity index (χ0v) is 27.1. The highest BCUT2D eigenvalue weighted by Gasteiger charge is 2.48. The summed E-state index contributed by atoms with van der Waals surface area (Å²) in [4.78, 5) is 17.5. The number of aromatic nitrogens is 1. The van der Waals surface area contributed by atoms with E-state index in [-0.39, 0.29) is 30.7 Å². The van der Waals surface area contributed by atoms with Gasteiger partial charge in [-0.2, -0.15) is 0 Å². The van der Waals surface area contributed by atoms with E-state index in [0.29, 0.717) is 35.0 Å². The van der Waals surface area contributed by atoms with Crippen molar-refractivity contribution in [2.24, 2.45) is 35.5 Å². The number of carbonyl (C=O) groups excluding carboxylic acids is 1. The van der Waals surface area contributed by atoms with Crippen LogP contribution in [0.15, 0.2) is 54.9 Å². The van der Waals surface area contributed by atoms with Crippen molar-refractivity contribution in [2.45, 2.75) is 98.1 Å². The molecule has 7 nitrogen and oxygen atoms in total. The lowest BCUT2D eigenvalue weighted by Gasteiger charge is -2.42. The third-order valence-corrected chi connectivity index (χ3v) is 11.5. The smallest absolute Gasteiger partial charge is 0.376 e. The number of pyridine rings is 1. The van der Waals surface area contributed by atoms with Crippen LogP contribution < -0.4 is 4.74 Å². The van der Waals surface area contributed by atoms with Crippen molar-refractivity contribution in [3.05, 3.63) is 60.4 Å². The Hall–Kier alpha value is -2.21. The lowest BCUT2D eigenvalue weighted by Crippen LogP contribution is -2.35. The van der Waals surface area contributed by atoms with E-state index in [1.807, 2.05) is 18.2 Å². The van der Waals surface area contributed by atoms with Crippen molar-refractivity contribution in [3.63, 3.8) is 0 Å². The molecule has 0 saturated heterocycles. The molecule has 2 fully saturated rings. The molecule has 2 aliphatic carbocycles. The number of ether oxygens (including phenoxy) is 2. The largest absolute Gasteiger partial charge is 0.482 e. The van der Waals surface area contributed by atoms with Crippen molar-refractivity contribution in [1.82, 2.24) is 4.98 Å². The topological polar surface area (TPSA) is 84.0 Å². The first-order chi connectivity index (χ1) is 20.1. The maximum Gasteiger partial charge on any atom is 0.376 e. The molecule has 1 heterocycles. The van der Waals surface area contributed by atoms with Crippen LogP contribution in [0, 0.1) is 35.5 Å². The fourth-order valence-electron chi connectivity index (χ4n) is 6.30. The molecule has 0 N–H and O–H groups in total. The minimum absolute atomic E-state index is 0.204. The van der Waals surface area contributed by atoms with Gasteiger partial charge >= 0.3 is 13.6 Å². The molecule has 0 bridgehead atoms. The van der Waals surface area contributed by atoms with E-state index >= 15 is 4.57 Å². The van der Waals surface area contributed by atoms with Crippen LogP contribution in [-0.4, -0.2) is 29.8 Å². The zero-order valence-electron chi connectivity index (χ0n) is 26.2. The predicted octanol–water partition coefficient (Wildman–Crippen LogP) is 8.85. The molecule has 1 unspecified atom stereocenters. The van der Waals surface area contributed by atoms with Gasteiger partial charge in [0.15, 0.2) is 6.61 Å². The first-order valence-corrected chi connectivity index (χ1v) is 17.4. The molecular weight excluding hydrogens is 549 g/mol. The van der Waals surface area contributed by atoms with Crippen molar-refractivity contribution < 1.29 is 27.9 Å². The highest BCUT2D eigenvalue weighted by atomic mass is 31.2. The SMILES string of the molecule is CC(C)[C@@H]1CC[C@@H](C)[C@H](OP(=O)(O[C@@H]2C[C@H](C(C)C)CC[C@@H]2C)[C@@H](OC(=O)COc2ccccc2)c2cccnc2)C1. The van der Waals surface area contributed by atoms with Crippen molar-refractivity contribution in [2.75, 3.05) is 6.61 Å².